The number of fused-ring (bicyclic) bond motifs is 2. The van der Waals surface area contributed by atoms with E-state index in [-0.39, 0.29) is 72.6 Å². The molecule has 0 saturated carbocycles. The van der Waals surface area contributed by atoms with Crippen molar-refractivity contribution in [2.24, 2.45) is 11.8 Å². The van der Waals surface area contributed by atoms with Crippen molar-refractivity contribution in [1.29, 1.82) is 0 Å². The second kappa shape index (κ2) is 27.8. The molecule has 5 fully saturated rings. The number of aliphatic hydroxyl groups excluding tert-OH is 5. The Morgan fingerprint density at radius 1 is 0.729 bits per heavy atom. The topological polar surface area (TPSA) is 342 Å². The van der Waals surface area contributed by atoms with E-state index in [0.717, 1.165) is 0 Å². The molecule has 0 amide bonds. The number of benzene rings is 2. The number of phenolic OH excluding ortho intramolecular Hbond substituents is 2. The second-order valence-electron chi connectivity index (χ2n) is 24.3. The van der Waals surface area contributed by atoms with Crippen LogP contribution in [0.25, 0.3) is 10.8 Å². The van der Waals surface area contributed by atoms with Crippen LogP contribution in [-0.2, 0) is 77.6 Å². The molecule has 26 unspecified atom stereocenters. The monoisotopic (exact) mass is 1210 g/mol. The average Bonchev–Trinajstić information content (AvgIpc) is 0.816. The second-order valence-corrected chi connectivity index (χ2v) is 24.3. The lowest BCUT2D eigenvalue weighted by molar-refractivity contribution is -0.334. The van der Waals surface area contributed by atoms with Gasteiger partial charge in [0.25, 0.3) is 0 Å². The summed E-state index contributed by atoms with van der Waals surface area (Å²) in [5.41, 5.74) is -1.18. The fraction of sp³-hybridized carbons (Fsp3) is 0.783. The van der Waals surface area contributed by atoms with Crippen molar-refractivity contribution in [3.63, 3.8) is 0 Å². The van der Waals surface area contributed by atoms with Gasteiger partial charge in [0.1, 0.15) is 53.4 Å². The summed E-state index contributed by atoms with van der Waals surface area (Å²) in [6.07, 6.45) is -22.2. The van der Waals surface area contributed by atoms with Gasteiger partial charge in [-0.2, -0.15) is 0 Å². The van der Waals surface area contributed by atoms with Crippen LogP contribution >= 0.6 is 0 Å². The Balaban J connectivity index is 1.03. The predicted molar refractivity (Wildman–Crippen MR) is 296 cm³/mol. The van der Waals surface area contributed by atoms with E-state index in [1.807, 2.05) is 6.92 Å². The fourth-order valence-corrected chi connectivity index (χ4v) is 13.2. The number of ketones is 1. The van der Waals surface area contributed by atoms with E-state index in [4.69, 9.17) is 66.3 Å². The number of carbonyl (C=O) groups excluding carboxylic acids is 3. The zero-order valence-corrected chi connectivity index (χ0v) is 50.8. The standard InChI is InChI=1S/C60H90O25/c1-14-15-41(64)84-59-31(9)78-46(23-60(59,11)71)82-39-20-43(74-27(5)52(39)68)81-38-21-45(75-28(6)51(38)67)85-58-35(55(72-12)25(3)49(65)26(4)61)17-33-16-34-18-37(24(2)50(66)47(34)53(69)48(33)54(58)70)80-44-22-40(57(30(8)77-44)79-32(10)62)83-42-19-36(63)56(73-13)29(7)76-42/h16,18,25-31,35-36,38-40,42-46,49,51-52,55-59,61,63,65-69,71H,14-15,17,19-23H2,1-13H3. The first kappa shape index (κ1) is 67.0. The lowest BCUT2D eigenvalue weighted by Gasteiger charge is -2.47. The molecule has 2 aromatic rings. The summed E-state index contributed by atoms with van der Waals surface area (Å²) in [7, 11) is 2.88. The zero-order valence-electron chi connectivity index (χ0n) is 50.8. The molecule has 0 spiro atoms. The van der Waals surface area contributed by atoms with E-state index < -0.39 is 188 Å². The van der Waals surface area contributed by atoms with Crippen LogP contribution in [0.1, 0.15) is 136 Å². The molecule has 8 rings (SSSR count). The molecule has 1 aliphatic carbocycles. The number of aromatic hydroxyl groups is 2. The van der Waals surface area contributed by atoms with E-state index in [1.165, 1.54) is 35.0 Å². The maximum absolute atomic E-state index is 15.3. The number of ether oxygens (including phenoxy) is 14. The van der Waals surface area contributed by atoms with Gasteiger partial charge in [-0.05, 0) is 91.3 Å². The number of esters is 2. The van der Waals surface area contributed by atoms with Gasteiger partial charge in [-0.3, -0.25) is 14.4 Å². The molecule has 6 aliphatic rings. The summed E-state index contributed by atoms with van der Waals surface area (Å²) in [4.78, 5) is 40.0. The number of hydrogen-bond donors (Lipinski definition) is 8. The first-order valence-corrected chi connectivity index (χ1v) is 29.7. The zero-order chi connectivity index (χ0) is 62.3. The molecule has 85 heavy (non-hydrogen) atoms. The Morgan fingerprint density at radius 2 is 1.28 bits per heavy atom. The molecule has 26 atom stereocenters. The summed E-state index contributed by atoms with van der Waals surface area (Å²) < 4.78 is 85.6. The van der Waals surface area contributed by atoms with Gasteiger partial charge in [-0.15, -0.1) is 0 Å². The smallest absolute Gasteiger partial charge is 0.306 e. The Kier molecular flexibility index (Phi) is 21.9. The van der Waals surface area contributed by atoms with E-state index in [9.17, 15) is 50.4 Å². The van der Waals surface area contributed by atoms with E-state index in [2.05, 4.69) is 0 Å². The quantitative estimate of drug-likeness (QED) is 0.0881. The molecule has 8 N–H and O–H groups in total. The molecule has 25 heteroatoms. The molecule has 0 aromatic heterocycles. The van der Waals surface area contributed by atoms with Gasteiger partial charge in [0, 0.05) is 77.1 Å². The van der Waals surface area contributed by atoms with Gasteiger partial charge < -0.3 is 107 Å². The largest absolute Gasteiger partial charge is 0.507 e. The third kappa shape index (κ3) is 14.7. The highest BCUT2D eigenvalue weighted by atomic mass is 16.7. The SMILES string of the molecule is CCCC(=O)OC1C(C)OC(OC2CC(OC3CC(OC4C(=O)c5c(cc6cc(OC7CC(OC8CC(O)C(OC)C(C)O8)C(OC(C)=O)C(C)O7)c(C)c(O)c6c5O)CC4C(OC)C(C)C(O)C(C)O)OC(C)C3O)OC(C)C2O)CC1(C)O. The first-order valence-electron chi connectivity index (χ1n) is 29.7. The summed E-state index contributed by atoms with van der Waals surface area (Å²) in [6, 6.07) is 3.22. The van der Waals surface area contributed by atoms with Crippen LogP contribution < -0.4 is 4.74 Å². The fourth-order valence-electron chi connectivity index (χ4n) is 13.2. The normalized spacial score (nSPS) is 39.5. The van der Waals surface area contributed by atoms with Crippen LogP contribution in [0.4, 0.5) is 0 Å². The minimum Gasteiger partial charge on any atom is -0.507 e. The Morgan fingerprint density at radius 3 is 1.86 bits per heavy atom. The molecule has 25 nitrogen and oxygen atoms in total. The molecule has 2 aromatic carbocycles. The molecular weight excluding hydrogens is 1120 g/mol. The number of phenols is 2. The Labute approximate surface area is 495 Å². The Bertz CT molecular complexity index is 2600. The van der Waals surface area contributed by atoms with Crippen LogP contribution in [0, 0.1) is 18.8 Å². The van der Waals surface area contributed by atoms with Gasteiger partial charge >= 0.3 is 11.9 Å². The van der Waals surface area contributed by atoms with Gasteiger partial charge in [-0.25, -0.2) is 0 Å². The molecular formula is C60H90O25. The van der Waals surface area contributed by atoms with Crippen molar-refractivity contribution >= 4 is 28.5 Å². The highest BCUT2D eigenvalue weighted by molar-refractivity contribution is 6.11. The average molecular weight is 1210 g/mol. The highest BCUT2D eigenvalue weighted by Crippen LogP contribution is 2.48. The molecule has 5 heterocycles. The lowest BCUT2D eigenvalue weighted by Crippen LogP contribution is -2.59. The number of methoxy groups -OCH3 is 2. The molecule has 5 saturated heterocycles. The highest BCUT2D eigenvalue weighted by Gasteiger charge is 2.52. The van der Waals surface area contributed by atoms with Crippen LogP contribution in [-0.4, -0.2) is 220 Å². The number of aliphatic hydroxyl groups is 6. The lowest BCUT2D eigenvalue weighted by atomic mass is 9.72. The summed E-state index contributed by atoms with van der Waals surface area (Å²) in [5.74, 6) is -4.29. The summed E-state index contributed by atoms with van der Waals surface area (Å²) in [6.45, 7) is 17.6. The van der Waals surface area contributed by atoms with Crippen molar-refractivity contribution in [2.75, 3.05) is 14.2 Å². The van der Waals surface area contributed by atoms with Crippen LogP contribution in [0.15, 0.2) is 12.1 Å². The van der Waals surface area contributed by atoms with Crippen LogP contribution in [0.2, 0.25) is 0 Å². The van der Waals surface area contributed by atoms with Crippen LogP contribution in [0.3, 0.4) is 0 Å². The molecule has 0 radical (unpaired) electrons. The third-order valence-electron chi connectivity index (χ3n) is 17.6. The summed E-state index contributed by atoms with van der Waals surface area (Å²) >= 11 is 0. The van der Waals surface area contributed by atoms with Crippen molar-refractivity contribution in [2.45, 2.75) is 274 Å². The van der Waals surface area contributed by atoms with Crippen molar-refractivity contribution in [3.05, 3.63) is 28.8 Å². The maximum Gasteiger partial charge on any atom is 0.306 e. The Hall–Kier alpha value is -3.97. The van der Waals surface area contributed by atoms with Crippen LogP contribution in [0.5, 0.6) is 17.2 Å². The number of hydrogen-bond acceptors (Lipinski definition) is 25. The predicted octanol–water partition coefficient (Wildman–Crippen LogP) is 3.39. The van der Waals surface area contributed by atoms with Gasteiger partial charge in [0.2, 0.25) is 6.29 Å². The summed E-state index contributed by atoms with van der Waals surface area (Å²) in [5, 5.41) is 91.4. The van der Waals surface area contributed by atoms with Gasteiger partial charge in [0.05, 0.1) is 78.1 Å². The van der Waals surface area contributed by atoms with E-state index in [1.54, 1.807) is 60.6 Å². The molecule has 0 bridgehead atoms. The third-order valence-corrected chi connectivity index (χ3v) is 17.6. The number of Topliss-reactive ketones (excluding diaryl/α,β-unsaturated/α-hetero) is 1. The van der Waals surface area contributed by atoms with Gasteiger partial charge in [0.15, 0.2) is 43.2 Å². The minimum absolute atomic E-state index is 0.00686. The van der Waals surface area contributed by atoms with E-state index in [0.29, 0.717) is 12.0 Å². The minimum atomic E-state index is -1.53. The maximum atomic E-state index is 15.3. The first-order chi connectivity index (χ1) is 40.0. The van der Waals surface area contributed by atoms with Crippen molar-refractivity contribution < 1.29 is 122 Å². The van der Waals surface area contributed by atoms with E-state index >= 15 is 4.79 Å². The van der Waals surface area contributed by atoms with Gasteiger partial charge in [-0.1, -0.05) is 13.8 Å². The number of rotatable bonds is 20. The molecule has 5 aliphatic heterocycles. The molecule has 480 valence electrons. The number of carbonyl (C=O) groups is 3. The van der Waals surface area contributed by atoms with Crippen molar-refractivity contribution in [3.8, 4) is 17.2 Å². The van der Waals surface area contributed by atoms with Crippen molar-refractivity contribution in [1.82, 2.24) is 0 Å².